The van der Waals surface area contributed by atoms with Crippen LogP contribution in [0.1, 0.15) is 37.1 Å². The van der Waals surface area contributed by atoms with Crippen molar-refractivity contribution < 1.29 is 0 Å². The Morgan fingerprint density at radius 2 is 2.25 bits per heavy atom. The molecule has 1 aromatic heterocycles. The Morgan fingerprint density at radius 1 is 1.50 bits per heavy atom. The van der Waals surface area contributed by atoms with Gasteiger partial charge in [0.2, 0.25) is 0 Å². The summed E-state index contributed by atoms with van der Waals surface area (Å²) in [7, 11) is 0. The molecular weight excluding hydrogens is 148 g/mol. The highest BCUT2D eigenvalue weighted by Crippen LogP contribution is 2.14. The summed E-state index contributed by atoms with van der Waals surface area (Å²) >= 11 is 0. The first-order chi connectivity index (χ1) is 5.74. The van der Waals surface area contributed by atoms with Gasteiger partial charge in [-0.1, -0.05) is 19.4 Å². The Bertz CT molecular complexity index is 228. The molecule has 0 unspecified atom stereocenters. The number of pyridine rings is 1. The van der Waals surface area contributed by atoms with Crippen LogP contribution in [0.15, 0.2) is 18.3 Å². The summed E-state index contributed by atoms with van der Waals surface area (Å²) in [5, 5.41) is 0. The lowest BCUT2D eigenvalue weighted by Gasteiger charge is -2.09. The zero-order chi connectivity index (χ0) is 8.97. The summed E-state index contributed by atoms with van der Waals surface area (Å²) in [5.74, 6) is 0. The third-order valence-corrected chi connectivity index (χ3v) is 1.96. The minimum Gasteiger partial charge on any atom is -0.324 e. The molecule has 2 N–H and O–H groups in total. The van der Waals surface area contributed by atoms with Crippen LogP contribution < -0.4 is 5.73 Å². The Kier molecular flexibility index (Phi) is 3.23. The number of hydrogen-bond acceptors (Lipinski definition) is 2. The van der Waals surface area contributed by atoms with Gasteiger partial charge in [0.25, 0.3) is 0 Å². The largest absolute Gasteiger partial charge is 0.324 e. The third kappa shape index (κ3) is 2.31. The molecule has 0 bridgehead atoms. The molecule has 0 spiro atoms. The van der Waals surface area contributed by atoms with Crippen LogP contribution in [0.3, 0.4) is 0 Å². The van der Waals surface area contributed by atoms with E-state index in [2.05, 4.69) is 18.0 Å². The molecule has 0 aliphatic rings. The molecule has 0 fully saturated rings. The van der Waals surface area contributed by atoms with Crippen LogP contribution >= 0.6 is 0 Å². The molecule has 0 aliphatic heterocycles. The molecule has 1 aromatic rings. The predicted molar refractivity (Wildman–Crippen MR) is 50.8 cm³/mol. The maximum atomic E-state index is 5.92. The quantitative estimate of drug-likeness (QED) is 0.743. The van der Waals surface area contributed by atoms with Gasteiger partial charge in [-0.25, -0.2) is 0 Å². The van der Waals surface area contributed by atoms with Crippen LogP contribution in [0.25, 0.3) is 0 Å². The van der Waals surface area contributed by atoms with E-state index < -0.39 is 0 Å². The van der Waals surface area contributed by atoms with Gasteiger partial charge in [-0.3, -0.25) is 4.98 Å². The van der Waals surface area contributed by atoms with Crippen LogP contribution in [-0.4, -0.2) is 4.98 Å². The second kappa shape index (κ2) is 4.21. The average molecular weight is 164 g/mol. The molecule has 0 amide bonds. The van der Waals surface area contributed by atoms with E-state index in [1.807, 2.05) is 19.2 Å². The third-order valence-electron chi connectivity index (χ3n) is 1.96. The van der Waals surface area contributed by atoms with Crippen molar-refractivity contribution >= 4 is 0 Å². The molecule has 0 aliphatic carbocycles. The maximum Gasteiger partial charge on any atom is 0.0372 e. The summed E-state index contributed by atoms with van der Waals surface area (Å²) in [6.07, 6.45) is 4.02. The summed E-state index contributed by atoms with van der Waals surface area (Å²) in [4.78, 5) is 4.20. The maximum absolute atomic E-state index is 5.92. The standard InChI is InChI=1S/C10H16N2/c1-3-4-10(11)9-6-5-8(2)12-7-9/h5-7,10H,3-4,11H2,1-2H3/t10-/m1/s1. The predicted octanol–water partition coefficient (Wildman–Crippen LogP) is 2.19. The lowest BCUT2D eigenvalue weighted by atomic mass is 10.1. The van der Waals surface area contributed by atoms with Gasteiger partial charge in [0.05, 0.1) is 0 Å². The number of aryl methyl sites for hydroxylation is 1. The van der Waals surface area contributed by atoms with E-state index in [4.69, 9.17) is 5.73 Å². The van der Waals surface area contributed by atoms with Crippen LogP contribution in [-0.2, 0) is 0 Å². The van der Waals surface area contributed by atoms with Crippen molar-refractivity contribution in [2.45, 2.75) is 32.7 Å². The van der Waals surface area contributed by atoms with Crippen LogP contribution in [0.5, 0.6) is 0 Å². The highest BCUT2D eigenvalue weighted by Gasteiger charge is 2.03. The zero-order valence-electron chi connectivity index (χ0n) is 7.75. The molecule has 0 aromatic carbocycles. The number of rotatable bonds is 3. The second-order valence-electron chi connectivity index (χ2n) is 3.13. The van der Waals surface area contributed by atoms with E-state index in [-0.39, 0.29) is 6.04 Å². The van der Waals surface area contributed by atoms with Crippen molar-refractivity contribution in [2.75, 3.05) is 0 Å². The average Bonchev–Trinajstić information content (AvgIpc) is 2.06. The van der Waals surface area contributed by atoms with E-state index in [0.29, 0.717) is 0 Å². The van der Waals surface area contributed by atoms with Crippen molar-refractivity contribution in [1.29, 1.82) is 0 Å². The van der Waals surface area contributed by atoms with Crippen molar-refractivity contribution in [3.8, 4) is 0 Å². The monoisotopic (exact) mass is 164 g/mol. The topological polar surface area (TPSA) is 38.9 Å². The van der Waals surface area contributed by atoms with Gasteiger partial charge < -0.3 is 5.73 Å². The number of nitrogens with zero attached hydrogens (tertiary/aromatic N) is 1. The first-order valence-corrected chi connectivity index (χ1v) is 4.42. The number of hydrogen-bond donors (Lipinski definition) is 1. The van der Waals surface area contributed by atoms with Gasteiger partial charge in [-0.2, -0.15) is 0 Å². The minimum absolute atomic E-state index is 0.156. The highest BCUT2D eigenvalue weighted by molar-refractivity contribution is 5.16. The van der Waals surface area contributed by atoms with E-state index in [0.717, 1.165) is 24.1 Å². The van der Waals surface area contributed by atoms with Gasteiger partial charge in [0.15, 0.2) is 0 Å². The minimum atomic E-state index is 0.156. The number of aromatic nitrogens is 1. The fraction of sp³-hybridized carbons (Fsp3) is 0.500. The number of nitrogens with two attached hydrogens (primary N) is 1. The molecule has 1 atom stereocenters. The lowest BCUT2D eigenvalue weighted by Crippen LogP contribution is -2.09. The van der Waals surface area contributed by atoms with Gasteiger partial charge in [0, 0.05) is 17.9 Å². The van der Waals surface area contributed by atoms with Crippen molar-refractivity contribution in [3.05, 3.63) is 29.6 Å². The fourth-order valence-corrected chi connectivity index (χ4v) is 1.18. The smallest absolute Gasteiger partial charge is 0.0372 e. The molecule has 1 heterocycles. The Balaban J connectivity index is 2.68. The zero-order valence-corrected chi connectivity index (χ0v) is 7.75. The van der Waals surface area contributed by atoms with Gasteiger partial charge in [-0.15, -0.1) is 0 Å². The molecule has 0 radical (unpaired) electrons. The second-order valence-corrected chi connectivity index (χ2v) is 3.13. The van der Waals surface area contributed by atoms with Crippen molar-refractivity contribution in [1.82, 2.24) is 4.98 Å². The van der Waals surface area contributed by atoms with E-state index in [1.165, 1.54) is 0 Å². The van der Waals surface area contributed by atoms with Crippen LogP contribution in [0, 0.1) is 6.92 Å². The molecule has 0 saturated heterocycles. The highest BCUT2D eigenvalue weighted by atomic mass is 14.7. The SMILES string of the molecule is CCC[C@@H](N)c1ccc(C)nc1. The van der Waals surface area contributed by atoms with Gasteiger partial charge in [0.1, 0.15) is 0 Å². The first-order valence-electron chi connectivity index (χ1n) is 4.42. The van der Waals surface area contributed by atoms with Gasteiger partial charge >= 0.3 is 0 Å². The van der Waals surface area contributed by atoms with Crippen LogP contribution in [0.4, 0.5) is 0 Å². The molecule has 1 rings (SSSR count). The normalized spacial score (nSPS) is 12.9. The molecule has 2 heteroatoms. The summed E-state index contributed by atoms with van der Waals surface area (Å²) in [6, 6.07) is 4.22. The first kappa shape index (κ1) is 9.20. The van der Waals surface area contributed by atoms with E-state index in [9.17, 15) is 0 Å². The van der Waals surface area contributed by atoms with Crippen molar-refractivity contribution in [3.63, 3.8) is 0 Å². The molecule has 0 saturated carbocycles. The summed E-state index contributed by atoms with van der Waals surface area (Å²) in [5.41, 5.74) is 8.10. The van der Waals surface area contributed by atoms with E-state index >= 15 is 0 Å². The molecule has 12 heavy (non-hydrogen) atoms. The molecular formula is C10H16N2. The van der Waals surface area contributed by atoms with Crippen LogP contribution in [0.2, 0.25) is 0 Å². The van der Waals surface area contributed by atoms with Gasteiger partial charge in [-0.05, 0) is 25.0 Å². The Hall–Kier alpha value is -0.890. The van der Waals surface area contributed by atoms with E-state index in [1.54, 1.807) is 0 Å². The Morgan fingerprint density at radius 3 is 2.75 bits per heavy atom. The Labute approximate surface area is 73.8 Å². The summed E-state index contributed by atoms with van der Waals surface area (Å²) in [6.45, 7) is 4.12. The molecule has 2 nitrogen and oxygen atoms in total. The van der Waals surface area contributed by atoms with Crippen molar-refractivity contribution in [2.24, 2.45) is 5.73 Å². The lowest BCUT2D eigenvalue weighted by molar-refractivity contribution is 0.636. The summed E-state index contributed by atoms with van der Waals surface area (Å²) < 4.78 is 0. The molecule has 66 valence electrons. The fourth-order valence-electron chi connectivity index (χ4n) is 1.18.